The number of hydrogen-bond acceptors (Lipinski definition) is 4. The van der Waals surface area contributed by atoms with Gasteiger partial charge in [-0.2, -0.15) is 5.10 Å². The summed E-state index contributed by atoms with van der Waals surface area (Å²) in [5.41, 5.74) is 1.12. The van der Waals surface area contributed by atoms with Crippen molar-refractivity contribution in [3.05, 3.63) is 100 Å². The molecular formula is C22H16FN3O3. The van der Waals surface area contributed by atoms with Gasteiger partial charge in [0.25, 0.3) is 11.5 Å². The average Bonchev–Trinajstić information content (AvgIpc) is 2.73. The topological polar surface area (TPSA) is 84.1 Å². The van der Waals surface area contributed by atoms with Gasteiger partial charge in [0, 0.05) is 17.1 Å². The number of anilines is 1. The van der Waals surface area contributed by atoms with Gasteiger partial charge in [-0.3, -0.25) is 9.59 Å². The number of amides is 1. The fourth-order valence-electron chi connectivity index (χ4n) is 2.94. The summed E-state index contributed by atoms with van der Waals surface area (Å²) in [6.45, 7) is 0.215. The molecule has 0 spiro atoms. The summed E-state index contributed by atoms with van der Waals surface area (Å²) in [6.07, 6.45) is 0. The minimum absolute atomic E-state index is 0.126. The third-order valence-electron chi connectivity index (χ3n) is 4.30. The van der Waals surface area contributed by atoms with Crippen LogP contribution < -0.4 is 15.6 Å². The lowest BCUT2D eigenvalue weighted by Crippen LogP contribution is -2.19. The second kappa shape index (κ2) is 7.93. The molecule has 3 aromatic carbocycles. The maximum Gasteiger partial charge on any atom is 0.276 e. The van der Waals surface area contributed by atoms with E-state index < -0.39 is 5.91 Å². The summed E-state index contributed by atoms with van der Waals surface area (Å²) in [6, 6.07) is 19.8. The fraction of sp³-hybridized carbons (Fsp3) is 0.0455. The Morgan fingerprint density at radius 1 is 1.00 bits per heavy atom. The van der Waals surface area contributed by atoms with Gasteiger partial charge < -0.3 is 10.1 Å². The molecule has 0 bridgehead atoms. The molecule has 0 unspecified atom stereocenters. The maximum atomic E-state index is 13.2. The molecule has 0 aliphatic heterocycles. The number of fused-ring (bicyclic) bond motifs is 1. The molecule has 6 nitrogen and oxygen atoms in total. The van der Waals surface area contributed by atoms with Gasteiger partial charge in [-0.05, 0) is 35.9 Å². The van der Waals surface area contributed by atoms with Gasteiger partial charge in [0.1, 0.15) is 18.2 Å². The first kappa shape index (κ1) is 18.4. The molecule has 1 aromatic heterocycles. The zero-order chi connectivity index (χ0) is 20.2. The number of halogens is 1. The summed E-state index contributed by atoms with van der Waals surface area (Å²) in [7, 11) is 0. The van der Waals surface area contributed by atoms with E-state index in [1.165, 1.54) is 12.1 Å². The van der Waals surface area contributed by atoms with E-state index in [-0.39, 0.29) is 23.7 Å². The molecule has 0 atom stereocenters. The van der Waals surface area contributed by atoms with Crippen molar-refractivity contribution in [2.24, 2.45) is 0 Å². The molecule has 7 heteroatoms. The van der Waals surface area contributed by atoms with Gasteiger partial charge in [-0.1, -0.05) is 36.4 Å². The second-order valence-electron chi connectivity index (χ2n) is 6.35. The Kier molecular flexibility index (Phi) is 5.03. The van der Waals surface area contributed by atoms with E-state index in [0.717, 1.165) is 5.56 Å². The van der Waals surface area contributed by atoms with Gasteiger partial charge in [0.2, 0.25) is 0 Å². The number of H-pyrrole nitrogens is 1. The molecule has 4 aromatic rings. The van der Waals surface area contributed by atoms with Gasteiger partial charge in [-0.25, -0.2) is 9.49 Å². The first-order valence-electron chi connectivity index (χ1n) is 8.86. The highest BCUT2D eigenvalue weighted by Gasteiger charge is 2.14. The number of carbonyl (C=O) groups excluding carboxylic acids is 1. The minimum atomic E-state index is -0.444. The Hall–Kier alpha value is -4.00. The van der Waals surface area contributed by atoms with Crippen molar-refractivity contribution in [3.8, 4) is 5.75 Å². The molecule has 2 N–H and O–H groups in total. The van der Waals surface area contributed by atoms with Crippen LogP contribution in [0.5, 0.6) is 5.75 Å². The van der Waals surface area contributed by atoms with Crippen LogP contribution in [0.4, 0.5) is 10.1 Å². The predicted molar refractivity (Wildman–Crippen MR) is 107 cm³/mol. The first-order valence-corrected chi connectivity index (χ1v) is 8.86. The standard InChI is InChI=1S/C22H16FN3O3/c23-15-6-4-8-17(12-15)29-13-14-5-3-7-16(11-14)24-22(28)20-18-9-1-2-10-19(18)21(27)26-25-20/h1-12H,13H2,(H,24,28)(H,26,27). The van der Waals surface area contributed by atoms with Crippen molar-refractivity contribution in [1.29, 1.82) is 0 Å². The van der Waals surface area contributed by atoms with Gasteiger partial charge >= 0.3 is 0 Å². The lowest BCUT2D eigenvalue weighted by atomic mass is 10.1. The number of aromatic amines is 1. The van der Waals surface area contributed by atoms with Crippen molar-refractivity contribution in [2.75, 3.05) is 5.32 Å². The molecular weight excluding hydrogens is 373 g/mol. The number of nitrogens with one attached hydrogen (secondary N) is 2. The van der Waals surface area contributed by atoms with Gasteiger partial charge in [0.15, 0.2) is 5.69 Å². The molecule has 0 fully saturated rings. The molecule has 0 saturated heterocycles. The molecule has 1 heterocycles. The summed E-state index contributed by atoms with van der Waals surface area (Å²) in [5, 5.41) is 9.89. The number of nitrogens with zero attached hydrogens (tertiary/aromatic N) is 1. The zero-order valence-corrected chi connectivity index (χ0v) is 15.2. The molecule has 29 heavy (non-hydrogen) atoms. The van der Waals surface area contributed by atoms with E-state index in [9.17, 15) is 14.0 Å². The SMILES string of the molecule is O=C(Nc1cccc(COc2cccc(F)c2)c1)c1n[nH]c(=O)c2ccccc12. The summed E-state index contributed by atoms with van der Waals surface area (Å²) in [4.78, 5) is 24.6. The smallest absolute Gasteiger partial charge is 0.276 e. The van der Waals surface area contributed by atoms with Crippen molar-refractivity contribution in [2.45, 2.75) is 6.61 Å². The third-order valence-corrected chi connectivity index (χ3v) is 4.30. The summed E-state index contributed by atoms with van der Waals surface area (Å²) < 4.78 is 18.8. The molecule has 0 aliphatic carbocycles. The maximum absolute atomic E-state index is 13.2. The number of ether oxygens (including phenoxy) is 1. The molecule has 0 radical (unpaired) electrons. The Bertz CT molecular complexity index is 1250. The predicted octanol–water partition coefficient (Wildman–Crippen LogP) is 3.89. The van der Waals surface area contributed by atoms with Crippen LogP contribution >= 0.6 is 0 Å². The second-order valence-corrected chi connectivity index (χ2v) is 6.35. The van der Waals surface area contributed by atoms with Crippen LogP contribution in [0.2, 0.25) is 0 Å². The number of rotatable bonds is 5. The van der Waals surface area contributed by atoms with Crippen LogP contribution in [0.25, 0.3) is 10.8 Å². The van der Waals surface area contributed by atoms with Crippen molar-refractivity contribution >= 4 is 22.4 Å². The van der Waals surface area contributed by atoms with E-state index in [1.54, 1.807) is 54.6 Å². The Balaban J connectivity index is 1.52. The van der Waals surface area contributed by atoms with E-state index in [1.807, 2.05) is 6.07 Å². The van der Waals surface area contributed by atoms with E-state index >= 15 is 0 Å². The Morgan fingerprint density at radius 2 is 1.79 bits per heavy atom. The van der Waals surface area contributed by atoms with Crippen molar-refractivity contribution in [3.63, 3.8) is 0 Å². The Labute approximate surface area is 165 Å². The third kappa shape index (κ3) is 4.14. The van der Waals surface area contributed by atoms with Gasteiger partial charge in [-0.15, -0.1) is 0 Å². The lowest BCUT2D eigenvalue weighted by molar-refractivity contribution is 0.102. The number of benzene rings is 3. The van der Waals surface area contributed by atoms with Crippen LogP contribution in [0, 0.1) is 5.82 Å². The van der Waals surface area contributed by atoms with E-state index in [2.05, 4.69) is 15.5 Å². The highest BCUT2D eigenvalue weighted by Crippen LogP contribution is 2.18. The quantitative estimate of drug-likeness (QED) is 0.542. The minimum Gasteiger partial charge on any atom is -0.489 e. The molecule has 4 rings (SSSR count). The van der Waals surface area contributed by atoms with Crippen LogP contribution in [-0.2, 0) is 6.61 Å². The fourth-order valence-corrected chi connectivity index (χ4v) is 2.94. The van der Waals surface area contributed by atoms with Crippen LogP contribution in [0.15, 0.2) is 77.6 Å². The largest absolute Gasteiger partial charge is 0.489 e. The highest BCUT2D eigenvalue weighted by atomic mass is 19.1. The lowest BCUT2D eigenvalue weighted by Gasteiger charge is -2.10. The average molecular weight is 389 g/mol. The first-order chi connectivity index (χ1) is 14.1. The van der Waals surface area contributed by atoms with Crippen LogP contribution in [0.3, 0.4) is 0 Å². The molecule has 0 saturated carbocycles. The van der Waals surface area contributed by atoms with Gasteiger partial charge in [0.05, 0.1) is 5.39 Å². The van der Waals surface area contributed by atoms with Crippen LogP contribution in [0.1, 0.15) is 16.1 Å². The van der Waals surface area contributed by atoms with Crippen molar-refractivity contribution in [1.82, 2.24) is 10.2 Å². The van der Waals surface area contributed by atoms with Crippen molar-refractivity contribution < 1.29 is 13.9 Å². The zero-order valence-electron chi connectivity index (χ0n) is 15.2. The Morgan fingerprint density at radius 3 is 2.62 bits per heavy atom. The van der Waals surface area contributed by atoms with Crippen LogP contribution in [-0.4, -0.2) is 16.1 Å². The number of aromatic nitrogens is 2. The molecule has 0 aliphatic rings. The molecule has 144 valence electrons. The van der Waals surface area contributed by atoms with E-state index in [0.29, 0.717) is 22.2 Å². The molecule has 1 amide bonds. The summed E-state index contributed by atoms with van der Waals surface area (Å²) >= 11 is 0. The monoisotopic (exact) mass is 389 g/mol. The number of hydrogen-bond donors (Lipinski definition) is 2. The summed E-state index contributed by atoms with van der Waals surface area (Å²) in [5.74, 6) is -0.395. The normalized spacial score (nSPS) is 10.7. The van der Waals surface area contributed by atoms with E-state index in [4.69, 9.17) is 4.74 Å². The highest BCUT2D eigenvalue weighted by molar-refractivity contribution is 6.11. The number of carbonyl (C=O) groups is 1.